The monoisotopic (exact) mass is 1090 g/mol. The second kappa shape index (κ2) is 21.6. The first-order chi connectivity index (χ1) is 37.8. The highest BCUT2D eigenvalue weighted by Crippen LogP contribution is 2.40. The van der Waals surface area contributed by atoms with E-state index in [0.717, 1.165) is 0 Å². The highest BCUT2D eigenvalue weighted by molar-refractivity contribution is 6.04. The van der Waals surface area contributed by atoms with E-state index >= 15 is 8.78 Å². The highest BCUT2D eigenvalue weighted by Gasteiger charge is 2.41. The van der Waals surface area contributed by atoms with Crippen LogP contribution >= 0.6 is 0 Å². The summed E-state index contributed by atoms with van der Waals surface area (Å²) in [6, 6.07) is 7.64. The molecule has 4 aromatic heterocycles. The number of aromatic nitrogens is 7. The number of nitrogens with zero attached hydrogens (tertiary/aromatic N) is 11. The van der Waals surface area contributed by atoms with E-state index in [-0.39, 0.29) is 119 Å². The highest BCUT2D eigenvalue weighted by atomic mass is 19.1. The number of amides is 6. The molecule has 6 aromatic rings. The Morgan fingerprint density at radius 3 is 1.78 bits per heavy atom. The average molecular weight is 1090 g/mol. The number of rotatable bonds is 11. The number of carbonyl (C=O) groups is 4. The van der Waals surface area contributed by atoms with Gasteiger partial charge in [-0.05, 0) is 79.7 Å². The number of morpholine rings is 2. The Balaban J connectivity index is 0.890. The lowest BCUT2D eigenvalue weighted by Gasteiger charge is -2.35. The first-order valence-corrected chi connectivity index (χ1v) is 25.8. The molecule has 0 aliphatic carbocycles. The third kappa shape index (κ3) is 11.4. The van der Waals surface area contributed by atoms with Crippen molar-refractivity contribution in [3.8, 4) is 34.3 Å². The molecule has 0 saturated carbocycles. The van der Waals surface area contributed by atoms with Crippen LogP contribution in [0.2, 0.25) is 0 Å². The van der Waals surface area contributed by atoms with Crippen LogP contribution in [0.3, 0.4) is 0 Å². The van der Waals surface area contributed by atoms with E-state index in [1.54, 1.807) is 32.8 Å². The van der Waals surface area contributed by atoms with Crippen molar-refractivity contribution < 1.29 is 56.0 Å². The fraction of sp³-hybridized carbons (Fsp3) is 0.415. The van der Waals surface area contributed by atoms with Gasteiger partial charge in [0.1, 0.15) is 46.8 Å². The number of hydrogen-bond acceptors (Lipinski definition) is 17. The van der Waals surface area contributed by atoms with E-state index in [1.807, 2.05) is 65.2 Å². The van der Waals surface area contributed by atoms with Gasteiger partial charge in [-0.3, -0.25) is 20.2 Å². The number of anilines is 6. The zero-order valence-electron chi connectivity index (χ0n) is 44.8. The van der Waals surface area contributed by atoms with Gasteiger partial charge in [0.2, 0.25) is 29.9 Å². The SMILES string of the molecule is CCN1CC(C)(C)Oc2nc(N3CCOCC3C)nc(-c3ccc(NC(=O)Nc4c[n+](C5CN(c6nc7c(c(-c8ccc(NC(=O)Nc9ccon9)c(F)c8)n6)C(=O)N(CC)CC(C)(C)O7)C(C)CO5)ccn4)c(F)c3)c2C1=O. The molecular weight excluding hydrogens is 1030 g/mol. The van der Waals surface area contributed by atoms with Crippen LogP contribution in [0.4, 0.5) is 53.3 Å². The third-order valence-corrected chi connectivity index (χ3v) is 13.6. The number of urea groups is 2. The maximum atomic E-state index is 16.2. The summed E-state index contributed by atoms with van der Waals surface area (Å²) < 4.78 is 63.5. The summed E-state index contributed by atoms with van der Waals surface area (Å²) in [6.45, 7) is 18.0. The Morgan fingerprint density at radius 1 is 0.722 bits per heavy atom. The summed E-state index contributed by atoms with van der Waals surface area (Å²) in [5, 5.41) is 13.8. The molecule has 24 nitrogen and oxygen atoms in total. The molecule has 3 unspecified atom stereocenters. The summed E-state index contributed by atoms with van der Waals surface area (Å²) >= 11 is 0. The predicted molar refractivity (Wildman–Crippen MR) is 283 cm³/mol. The second-order valence-corrected chi connectivity index (χ2v) is 20.7. The number of likely N-dealkylation sites (N-methyl/N-ethyl adjacent to an activating group) is 2. The van der Waals surface area contributed by atoms with Gasteiger partial charge in [-0.25, -0.2) is 33.3 Å². The van der Waals surface area contributed by atoms with Gasteiger partial charge < -0.3 is 53.7 Å². The minimum absolute atomic E-state index is 0.00371. The molecule has 4 aliphatic rings. The van der Waals surface area contributed by atoms with Crippen molar-refractivity contribution >= 4 is 58.8 Å². The Morgan fingerprint density at radius 2 is 1.27 bits per heavy atom. The lowest BCUT2D eigenvalue weighted by molar-refractivity contribution is -0.761. The molecule has 6 amide bonds. The van der Waals surface area contributed by atoms with Crippen molar-refractivity contribution in [3.05, 3.63) is 90.1 Å². The number of benzene rings is 2. The Kier molecular flexibility index (Phi) is 14.7. The van der Waals surface area contributed by atoms with Crippen LogP contribution in [-0.4, -0.2) is 146 Å². The predicted octanol–water partition coefficient (Wildman–Crippen LogP) is 6.75. The van der Waals surface area contributed by atoms with Crippen LogP contribution in [0.5, 0.6) is 11.8 Å². The molecule has 0 spiro atoms. The first kappa shape index (κ1) is 53.7. The third-order valence-electron chi connectivity index (χ3n) is 13.6. The molecule has 0 radical (unpaired) electrons. The van der Waals surface area contributed by atoms with Crippen molar-refractivity contribution in [3.63, 3.8) is 0 Å². The van der Waals surface area contributed by atoms with Crippen LogP contribution < -0.4 is 45.1 Å². The molecule has 414 valence electrons. The quantitative estimate of drug-likeness (QED) is 0.0978. The van der Waals surface area contributed by atoms with Gasteiger partial charge in [0, 0.05) is 36.8 Å². The minimum atomic E-state index is -0.886. The number of halogens is 2. The molecule has 3 atom stereocenters. The lowest BCUT2D eigenvalue weighted by atomic mass is 10.0. The molecule has 4 N–H and O–H groups in total. The second-order valence-electron chi connectivity index (χ2n) is 20.7. The van der Waals surface area contributed by atoms with E-state index in [4.69, 9.17) is 43.4 Å². The topological polar surface area (TPSA) is 261 Å². The molecule has 79 heavy (non-hydrogen) atoms. The molecule has 2 aromatic carbocycles. The molecule has 0 bridgehead atoms. The molecule has 8 heterocycles. The Labute approximate surface area is 452 Å². The molecule has 26 heteroatoms. The molecule has 2 fully saturated rings. The maximum absolute atomic E-state index is 16.2. The summed E-state index contributed by atoms with van der Waals surface area (Å²) in [5.74, 6) is -1.59. The number of hydrogen-bond donors (Lipinski definition) is 4. The van der Waals surface area contributed by atoms with Crippen molar-refractivity contribution in [2.45, 2.75) is 84.9 Å². The van der Waals surface area contributed by atoms with E-state index in [2.05, 4.69) is 31.4 Å². The van der Waals surface area contributed by atoms with Gasteiger partial charge in [0.25, 0.3) is 18.0 Å². The van der Waals surface area contributed by atoms with E-state index in [1.165, 1.54) is 48.9 Å². The zero-order valence-corrected chi connectivity index (χ0v) is 44.8. The summed E-state index contributed by atoms with van der Waals surface area (Å²) in [6.07, 6.45) is 5.21. The average Bonchev–Trinajstić information content (AvgIpc) is 4.05. The smallest absolute Gasteiger partial charge is 0.325 e. The molecular formula is C53H60F2N15O9+. The molecule has 10 rings (SSSR count). The van der Waals surface area contributed by atoms with Crippen molar-refractivity contribution in [2.75, 3.05) is 90.2 Å². The number of fused-ring (bicyclic) bond motifs is 2. The fourth-order valence-corrected chi connectivity index (χ4v) is 9.76. The van der Waals surface area contributed by atoms with Crippen LogP contribution in [0.25, 0.3) is 22.5 Å². The van der Waals surface area contributed by atoms with Crippen molar-refractivity contribution in [1.82, 2.24) is 39.9 Å². The van der Waals surface area contributed by atoms with Crippen LogP contribution in [0.15, 0.2) is 71.8 Å². The maximum Gasteiger partial charge on any atom is 0.325 e. The number of ether oxygens (including phenoxy) is 4. The lowest BCUT2D eigenvalue weighted by Crippen LogP contribution is -2.55. The standard InChI is InChI=1S/C53H59F2N15O9/c1-9-66-27-52(5,6)78-44-40(46(66)71)42(61-48(63-44)69-18-20-75-25-29(69)3)31-11-14-36(34(55)21-31)58-51(74)60-38-23-68(17-16-56-38)39-24-70(30(4)26-76-39)49-62-43(41-45(64-49)79-53(7,8)28-67(10-2)47(41)72)32-12-13-35(33(54)22-32)57-50(73)59-37-15-19-77-65-37/h11-17,19,21-23,29-30,39H,9-10,18,20,24-28H2,1-8H3,(H3-,56,57,58,59,60,61,62,63,64,65,71,72,73,74)/p+1. The van der Waals surface area contributed by atoms with Gasteiger partial charge in [-0.15, -0.1) is 0 Å². The Bertz CT molecular complexity index is 3330. The largest absolute Gasteiger partial charge is 0.469 e. The number of carbonyl (C=O) groups excluding carboxylic acids is 4. The molecule has 4 aliphatic heterocycles. The van der Waals surface area contributed by atoms with Gasteiger partial charge >= 0.3 is 12.1 Å². The fourth-order valence-electron chi connectivity index (χ4n) is 9.76. The van der Waals surface area contributed by atoms with Crippen LogP contribution in [-0.2, 0) is 9.47 Å². The van der Waals surface area contributed by atoms with E-state index < -0.39 is 47.0 Å². The van der Waals surface area contributed by atoms with Gasteiger partial charge in [-0.2, -0.15) is 14.5 Å². The van der Waals surface area contributed by atoms with Crippen LogP contribution in [0, 0.1) is 11.6 Å². The summed E-state index contributed by atoms with van der Waals surface area (Å²) in [5.41, 5.74) is -1.09. The van der Waals surface area contributed by atoms with Gasteiger partial charge in [0.15, 0.2) is 17.8 Å². The van der Waals surface area contributed by atoms with E-state index in [0.29, 0.717) is 38.8 Å². The van der Waals surface area contributed by atoms with E-state index in [9.17, 15) is 19.2 Å². The molecule has 2 saturated heterocycles. The van der Waals surface area contributed by atoms with Crippen molar-refractivity contribution in [1.29, 1.82) is 0 Å². The zero-order chi connectivity index (χ0) is 55.9. The Hall–Kier alpha value is -8.65. The first-order valence-electron chi connectivity index (χ1n) is 25.8. The minimum Gasteiger partial charge on any atom is -0.469 e. The van der Waals surface area contributed by atoms with Crippen LogP contribution in [0.1, 0.15) is 82.3 Å². The van der Waals surface area contributed by atoms with Gasteiger partial charge in [0.05, 0.1) is 74.0 Å². The van der Waals surface area contributed by atoms with Gasteiger partial charge in [-0.1, -0.05) is 17.3 Å². The summed E-state index contributed by atoms with van der Waals surface area (Å²) in [4.78, 5) is 85.5. The van der Waals surface area contributed by atoms with Crippen molar-refractivity contribution in [2.24, 2.45) is 0 Å². The normalized spacial score (nSPS) is 19.7. The number of nitrogens with one attached hydrogen (secondary N) is 4. The summed E-state index contributed by atoms with van der Waals surface area (Å²) in [7, 11) is 0.